The molecule has 1 atom stereocenters. The first-order valence-corrected chi connectivity index (χ1v) is 12.6. The molecule has 0 spiro atoms. The van der Waals surface area contributed by atoms with Crippen LogP contribution in [-0.2, 0) is 30.4 Å². The van der Waals surface area contributed by atoms with E-state index in [0.717, 1.165) is 5.56 Å². The molecule has 0 saturated carbocycles. The van der Waals surface area contributed by atoms with Crippen molar-refractivity contribution < 1.29 is 33.4 Å². The zero-order valence-corrected chi connectivity index (χ0v) is 22.4. The van der Waals surface area contributed by atoms with Crippen LogP contribution in [0.15, 0.2) is 54.6 Å². The second kappa shape index (κ2) is 15.2. The molecule has 10 heteroatoms. The predicted octanol–water partition coefficient (Wildman–Crippen LogP) is 5.39. The fraction of sp³-hybridized carbons (Fsp3) is 0.429. The first-order chi connectivity index (χ1) is 18.1. The molecule has 3 amide bonds. The maximum absolute atomic E-state index is 12.6. The van der Waals surface area contributed by atoms with E-state index in [1.165, 1.54) is 0 Å². The van der Waals surface area contributed by atoms with E-state index >= 15 is 0 Å². The highest BCUT2D eigenvalue weighted by Gasteiger charge is 2.23. The minimum absolute atomic E-state index is 0.0832. The zero-order chi connectivity index (χ0) is 28.0. The van der Waals surface area contributed by atoms with Crippen LogP contribution in [0.25, 0.3) is 0 Å². The third kappa shape index (κ3) is 11.8. The van der Waals surface area contributed by atoms with E-state index in [4.69, 9.17) is 14.2 Å². The van der Waals surface area contributed by atoms with E-state index in [0.29, 0.717) is 24.2 Å². The summed E-state index contributed by atoms with van der Waals surface area (Å²) in [6, 6.07) is 15.1. The molecule has 3 N–H and O–H groups in total. The molecule has 0 aliphatic rings. The summed E-state index contributed by atoms with van der Waals surface area (Å²) in [4.78, 5) is 49.2. The van der Waals surface area contributed by atoms with Gasteiger partial charge in [0.25, 0.3) is 0 Å². The topological polar surface area (TPSA) is 132 Å². The van der Waals surface area contributed by atoms with Crippen molar-refractivity contribution in [2.45, 2.75) is 71.6 Å². The monoisotopic (exact) mass is 527 g/mol. The van der Waals surface area contributed by atoms with E-state index in [1.54, 1.807) is 52.0 Å². The highest BCUT2D eigenvalue weighted by molar-refractivity contribution is 5.97. The van der Waals surface area contributed by atoms with E-state index in [1.807, 2.05) is 30.3 Å². The van der Waals surface area contributed by atoms with E-state index in [9.17, 15) is 19.2 Å². The summed E-state index contributed by atoms with van der Waals surface area (Å²) in [6.45, 7) is 7.20. The van der Waals surface area contributed by atoms with Gasteiger partial charge in [0.05, 0.1) is 18.0 Å². The van der Waals surface area contributed by atoms with Gasteiger partial charge in [-0.05, 0) is 58.2 Å². The van der Waals surface area contributed by atoms with Gasteiger partial charge < -0.3 is 24.8 Å². The Kier molecular flexibility index (Phi) is 12.1. The average molecular weight is 528 g/mol. The molecule has 206 valence electrons. The summed E-state index contributed by atoms with van der Waals surface area (Å²) in [5, 5.41) is 7.96. The molecule has 0 radical (unpaired) electrons. The van der Waals surface area contributed by atoms with Gasteiger partial charge in [0.1, 0.15) is 18.2 Å². The molecule has 0 heterocycles. The molecule has 10 nitrogen and oxygen atoms in total. The van der Waals surface area contributed by atoms with E-state index in [2.05, 4.69) is 16.0 Å². The molecule has 0 fully saturated rings. The third-order valence-electron chi connectivity index (χ3n) is 5.06. The summed E-state index contributed by atoms with van der Waals surface area (Å²) in [5.74, 6) is -0.835. The van der Waals surface area contributed by atoms with Gasteiger partial charge in [0.15, 0.2) is 0 Å². The molecule has 0 aromatic heterocycles. The molecule has 0 saturated heterocycles. The highest BCUT2D eigenvalue weighted by atomic mass is 16.6. The van der Waals surface area contributed by atoms with Crippen molar-refractivity contribution in [3.05, 3.63) is 60.2 Å². The summed E-state index contributed by atoms with van der Waals surface area (Å²) >= 11 is 0. The van der Waals surface area contributed by atoms with Gasteiger partial charge in [-0.25, -0.2) is 14.4 Å². The number of carbonyl (C=O) groups is 4. The van der Waals surface area contributed by atoms with Gasteiger partial charge >= 0.3 is 18.2 Å². The number of rotatable bonds is 12. The predicted molar refractivity (Wildman–Crippen MR) is 144 cm³/mol. The fourth-order valence-electron chi connectivity index (χ4n) is 3.35. The Morgan fingerprint density at radius 1 is 0.816 bits per heavy atom. The highest BCUT2D eigenvalue weighted by Crippen LogP contribution is 2.22. The van der Waals surface area contributed by atoms with Crippen LogP contribution in [0.5, 0.6) is 0 Å². The Balaban J connectivity index is 1.86. The van der Waals surface area contributed by atoms with Crippen LogP contribution < -0.4 is 16.0 Å². The van der Waals surface area contributed by atoms with Crippen LogP contribution >= 0.6 is 0 Å². The van der Waals surface area contributed by atoms with Crippen molar-refractivity contribution >= 4 is 35.4 Å². The minimum atomic E-state index is -0.903. The molecule has 0 aliphatic heterocycles. The molecular formula is C28H37N3O7. The van der Waals surface area contributed by atoms with Crippen LogP contribution in [0, 0.1) is 0 Å². The Bertz CT molecular complexity index is 1070. The normalized spacial score (nSPS) is 11.6. The number of nitrogens with one attached hydrogen (secondary N) is 3. The van der Waals surface area contributed by atoms with E-state index < -0.39 is 29.8 Å². The lowest BCUT2D eigenvalue weighted by atomic mass is 10.1. The van der Waals surface area contributed by atoms with Crippen molar-refractivity contribution in [2.24, 2.45) is 0 Å². The lowest BCUT2D eigenvalue weighted by molar-refractivity contribution is -0.147. The number of hydrogen-bond acceptors (Lipinski definition) is 7. The van der Waals surface area contributed by atoms with Gasteiger partial charge in [0, 0.05) is 6.42 Å². The smallest absolute Gasteiger partial charge is 0.412 e. The SMILES string of the molecule is CCOC(=O)N[C@@H](CCCCC(=O)Nc1ccccc1NC(=O)OC(C)(C)C)C(=O)OCc1ccccc1. The number of ether oxygens (including phenoxy) is 3. The maximum atomic E-state index is 12.6. The zero-order valence-electron chi connectivity index (χ0n) is 22.4. The van der Waals surface area contributed by atoms with Crippen molar-refractivity contribution in [2.75, 3.05) is 17.2 Å². The quantitative estimate of drug-likeness (QED) is 0.191. The summed E-state index contributed by atoms with van der Waals surface area (Å²) in [5.41, 5.74) is 1.02. The lowest BCUT2D eigenvalue weighted by Gasteiger charge is -2.20. The van der Waals surface area contributed by atoms with Crippen LogP contribution in [0.3, 0.4) is 0 Å². The van der Waals surface area contributed by atoms with Crippen molar-refractivity contribution in [3.8, 4) is 0 Å². The first kappa shape index (κ1) is 30.1. The van der Waals surface area contributed by atoms with Crippen molar-refractivity contribution in [3.63, 3.8) is 0 Å². The number of esters is 1. The van der Waals surface area contributed by atoms with Gasteiger partial charge in [-0.1, -0.05) is 48.9 Å². The first-order valence-electron chi connectivity index (χ1n) is 12.6. The summed E-state index contributed by atoms with van der Waals surface area (Å²) in [6.07, 6.45) is 0.0468. The molecule has 2 aromatic rings. The molecule has 0 aliphatic carbocycles. The molecule has 0 unspecified atom stereocenters. The number of hydrogen-bond donors (Lipinski definition) is 3. The number of amides is 3. The number of carbonyl (C=O) groups excluding carboxylic acids is 4. The lowest BCUT2D eigenvalue weighted by Crippen LogP contribution is -2.42. The average Bonchev–Trinajstić information content (AvgIpc) is 2.85. The van der Waals surface area contributed by atoms with Crippen molar-refractivity contribution in [1.82, 2.24) is 5.32 Å². The second-order valence-corrected chi connectivity index (χ2v) is 9.48. The molecule has 0 bridgehead atoms. The third-order valence-corrected chi connectivity index (χ3v) is 5.06. The Labute approximate surface area is 223 Å². The fourth-order valence-corrected chi connectivity index (χ4v) is 3.35. The van der Waals surface area contributed by atoms with Crippen molar-refractivity contribution in [1.29, 1.82) is 0 Å². The van der Waals surface area contributed by atoms with Crippen LogP contribution in [0.1, 0.15) is 58.9 Å². The number of alkyl carbamates (subject to hydrolysis) is 1. The van der Waals surface area contributed by atoms with Crippen LogP contribution in [0.4, 0.5) is 21.0 Å². The van der Waals surface area contributed by atoms with Gasteiger partial charge in [-0.3, -0.25) is 10.1 Å². The number of anilines is 2. The Morgan fingerprint density at radius 3 is 2.08 bits per heavy atom. The Morgan fingerprint density at radius 2 is 1.45 bits per heavy atom. The minimum Gasteiger partial charge on any atom is -0.459 e. The molecular weight excluding hydrogens is 490 g/mol. The summed E-state index contributed by atoms with van der Waals surface area (Å²) in [7, 11) is 0. The van der Waals surface area contributed by atoms with Gasteiger partial charge in [-0.15, -0.1) is 0 Å². The molecule has 38 heavy (non-hydrogen) atoms. The standard InChI is InChI=1S/C28H37N3O7/c1-5-36-26(34)31-23(25(33)37-19-20-13-7-6-8-14-20)17-11-12-18-24(32)29-21-15-9-10-16-22(21)30-27(35)38-28(2,3)4/h6-10,13-16,23H,5,11-12,17-19H2,1-4H3,(H,29,32)(H,30,35)(H,31,34)/t23-/m0/s1. The summed E-state index contributed by atoms with van der Waals surface area (Å²) < 4.78 is 15.5. The molecule has 2 rings (SSSR count). The van der Waals surface area contributed by atoms with E-state index in [-0.39, 0.29) is 32.0 Å². The Hall–Kier alpha value is -4.08. The molecule has 2 aromatic carbocycles. The maximum Gasteiger partial charge on any atom is 0.412 e. The number of unbranched alkanes of at least 4 members (excludes halogenated alkanes) is 1. The van der Waals surface area contributed by atoms with Gasteiger partial charge in [0.2, 0.25) is 5.91 Å². The van der Waals surface area contributed by atoms with Gasteiger partial charge in [-0.2, -0.15) is 0 Å². The number of para-hydroxylation sites is 2. The van der Waals surface area contributed by atoms with Crippen LogP contribution in [-0.4, -0.2) is 42.3 Å². The van der Waals surface area contributed by atoms with Crippen LogP contribution in [0.2, 0.25) is 0 Å². The largest absolute Gasteiger partial charge is 0.459 e. The number of benzene rings is 2. The second-order valence-electron chi connectivity index (χ2n) is 9.48.